The summed E-state index contributed by atoms with van der Waals surface area (Å²) in [6.45, 7) is 1.85. The standard InChI is InChI=1S/C20H20ClN5O3/c1-28-16-4-3-12(17(21)18(16)29-2)9-26-6-5-15-14(10-26)20(27)25-19(24-15)13-7-22-11-23-8-13/h3-4,7-8,11H,5-6,9-10H2,1-2H3,(H,24,25,27). The second-order valence-electron chi connectivity index (χ2n) is 6.70. The van der Waals surface area contributed by atoms with Gasteiger partial charge in [0.05, 0.1) is 36.1 Å². The molecule has 0 unspecified atom stereocenters. The van der Waals surface area contributed by atoms with Crippen LogP contribution < -0.4 is 15.0 Å². The lowest BCUT2D eigenvalue weighted by Gasteiger charge is -2.28. The van der Waals surface area contributed by atoms with Gasteiger partial charge in [0.15, 0.2) is 11.5 Å². The van der Waals surface area contributed by atoms with Gasteiger partial charge in [-0.05, 0) is 11.6 Å². The van der Waals surface area contributed by atoms with Crippen LogP contribution in [0.5, 0.6) is 11.5 Å². The number of aromatic amines is 1. The van der Waals surface area contributed by atoms with E-state index in [1.807, 2.05) is 12.1 Å². The lowest BCUT2D eigenvalue weighted by molar-refractivity contribution is 0.241. The van der Waals surface area contributed by atoms with Crippen LogP contribution in [0.25, 0.3) is 11.4 Å². The van der Waals surface area contributed by atoms with Crippen molar-refractivity contribution >= 4 is 11.6 Å². The van der Waals surface area contributed by atoms with Crippen molar-refractivity contribution in [2.45, 2.75) is 19.5 Å². The molecule has 9 heteroatoms. The van der Waals surface area contributed by atoms with Gasteiger partial charge < -0.3 is 14.5 Å². The SMILES string of the molecule is COc1ccc(CN2CCc3nc(-c4cncnc4)[nH]c(=O)c3C2)c(Cl)c1OC. The van der Waals surface area contributed by atoms with Crippen LogP contribution >= 0.6 is 11.6 Å². The summed E-state index contributed by atoms with van der Waals surface area (Å²) in [5.74, 6) is 1.59. The van der Waals surface area contributed by atoms with Crippen molar-refractivity contribution in [3.8, 4) is 22.9 Å². The van der Waals surface area contributed by atoms with Crippen molar-refractivity contribution in [3.63, 3.8) is 0 Å². The molecule has 4 rings (SSSR count). The second-order valence-corrected chi connectivity index (χ2v) is 7.08. The molecule has 8 nitrogen and oxygen atoms in total. The molecule has 0 amide bonds. The minimum Gasteiger partial charge on any atom is -0.493 e. The van der Waals surface area contributed by atoms with E-state index in [2.05, 4.69) is 24.8 Å². The zero-order valence-corrected chi connectivity index (χ0v) is 16.9. The smallest absolute Gasteiger partial charge is 0.255 e. The van der Waals surface area contributed by atoms with Crippen molar-refractivity contribution in [1.82, 2.24) is 24.8 Å². The summed E-state index contributed by atoms with van der Waals surface area (Å²) >= 11 is 6.51. The van der Waals surface area contributed by atoms with Gasteiger partial charge in [-0.1, -0.05) is 17.7 Å². The highest BCUT2D eigenvalue weighted by Crippen LogP contribution is 2.38. The number of nitrogens with zero attached hydrogens (tertiary/aromatic N) is 4. The molecule has 29 heavy (non-hydrogen) atoms. The summed E-state index contributed by atoms with van der Waals surface area (Å²) in [7, 11) is 3.13. The quantitative estimate of drug-likeness (QED) is 0.686. The Balaban J connectivity index is 1.58. The van der Waals surface area contributed by atoms with Crippen LogP contribution in [0.1, 0.15) is 16.8 Å². The van der Waals surface area contributed by atoms with Gasteiger partial charge in [-0.2, -0.15) is 0 Å². The predicted octanol–water partition coefficient (Wildman–Crippen LogP) is 2.46. The summed E-state index contributed by atoms with van der Waals surface area (Å²) in [5.41, 5.74) is 2.94. The minimum atomic E-state index is -0.142. The molecular weight excluding hydrogens is 394 g/mol. The van der Waals surface area contributed by atoms with E-state index >= 15 is 0 Å². The molecule has 150 valence electrons. The highest BCUT2D eigenvalue weighted by molar-refractivity contribution is 6.33. The van der Waals surface area contributed by atoms with Gasteiger partial charge >= 0.3 is 0 Å². The molecule has 3 heterocycles. The Morgan fingerprint density at radius 2 is 2.00 bits per heavy atom. The number of hydrogen-bond acceptors (Lipinski definition) is 7. The third-order valence-electron chi connectivity index (χ3n) is 4.94. The second kappa shape index (κ2) is 8.18. The fourth-order valence-electron chi connectivity index (χ4n) is 3.47. The van der Waals surface area contributed by atoms with Gasteiger partial charge in [0.1, 0.15) is 12.2 Å². The Morgan fingerprint density at radius 1 is 1.21 bits per heavy atom. The Morgan fingerprint density at radius 3 is 2.72 bits per heavy atom. The molecule has 0 radical (unpaired) electrons. The first kappa shape index (κ1) is 19.4. The molecule has 0 saturated heterocycles. The molecule has 1 aliphatic heterocycles. The van der Waals surface area contributed by atoms with Crippen molar-refractivity contribution in [3.05, 3.63) is 63.1 Å². The van der Waals surface area contributed by atoms with E-state index < -0.39 is 0 Å². The number of hydrogen-bond donors (Lipinski definition) is 1. The molecular formula is C20H20ClN5O3. The number of nitrogens with one attached hydrogen (secondary N) is 1. The highest BCUT2D eigenvalue weighted by atomic mass is 35.5. The van der Waals surface area contributed by atoms with E-state index in [0.29, 0.717) is 53.0 Å². The third kappa shape index (κ3) is 3.81. The predicted molar refractivity (Wildman–Crippen MR) is 108 cm³/mol. The van der Waals surface area contributed by atoms with Crippen molar-refractivity contribution in [2.75, 3.05) is 20.8 Å². The molecule has 0 aliphatic carbocycles. The fraction of sp³-hybridized carbons (Fsp3) is 0.300. The Labute approximate surface area is 172 Å². The maximum absolute atomic E-state index is 12.7. The van der Waals surface area contributed by atoms with Crippen LogP contribution in [0, 0.1) is 0 Å². The van der Waals surface area contributed by atoms with E-state index in [4.69, 9.17) is 21.1 Å². The van der Waals surface area contributed by atoms with Gasteiger partial charge in [0.2, 0.25) is 0 Å². The molecule has 3 aromatic rings. The topological polar surface area (TPSA) is 93.2 Å². The number of H-pyrrole nitrogens is 1. The molecule has 0 saturated carbocycles. The fourth-order valence-corrected chi connectivity index (χ4v) is 3.76. The van der Waals surface area contributed by atoms with E-state index in [0.717, 1.165) is 17.8 Å². The van der Waals surface area contributed by atoms with E-state index in [1.165, 1.54) is 6.33 Å². The van der Waals surface area contributed by atoms with E-state index in [9.17, 15) is 4.79 Å². The molecule has 0 bridgehead atoms. The molecule has 1 aromatic carbocycles. The van der Waals surface area contributed by atoms with Crippen LogP contribution in [-0.2, 0) is 19.5 Å². The summed E-state index contributed by atoms with van der Waals surface area (Å²) in [6.07, 6.45) is 5.37. The van der Waals surface area contributed by atoms with Crippen LogP contribution in [0.3, 0.4) is 0 Å². The summed E-state index contributed by atoms with van der Waals surface area (Å²) in [6, 6.07) is 3.75. The van der Waals surface area contributed by atoms with Gasteiger partial charge in [0.25, 0.3) is 5.56 Å². The Bertz CT molecular complexity index is 1090. The molecule has 2 aromatic heterocycles. The first-order chi connectivity index (χ1) is 14.1. The average Bonchev–Trinajstić information content (AvgIpc) is 2.75. The number of methoxy groups -OCH3 is 2. The van der Waals surface area contributed by atoms with Crippen molar-refractivity contribution < 1.29 is 9.47 Å². The Hall–Kier alpha value is -2.97. The van der Waals surface area contributed by atoms with Gasteiger partial charge in [-0.15, -0.1) is 0 Å². The normalized spacial score (nSPS) is 13.8. The van der Waals surface area contributed by atoms with E-state index in [1.54, 1.807) is 26.6 Å². The maximum atomic E-state index is 12.7. The summed E-state index contributed by atoms with van der Waals surface area (Å²) in [4.78, 5) is 30.3. The number of rotatable bonds is 5. The monoisotopic (exact) mass is 413 g/mol. The number of fused-ring (bicyclic) bond motifs is 1. The zero-order valence-electron chi connectivity index (χ0n) is 16.1. The molecule has 0 atom stereocenters. The van der Waals surface area contributed by atoms with Crippen molar-refractivity contribution in [2.24, 2.45) is 0 Å². The summed E-state index contributed by atoms with van der Waals surface area (Å²) < 4.78 is 10.7. The Kier molecular flexibility index (Phi) is 5.46. The van der Waals surface area contributed by atoms with E-state index in [-0.39, 0.29) is 5.56 Å². The summed E-state index contributed by atoms with van der Waals surface area (Å²) in [5, 5.41) is 0.518. The minimum absolute atomic E-state index is 0.142. The average molecular weight is 414 g/mol. The molecule has 1 aliphatic rings. The van der Waals surface area contributed by atoms with Crippen molar-refractivity contribution in [1.29, 1.82) is 0 Å². The number of aromatic nitrogens is 4. The lowest BCUT2D eigenvalue weighted by Crippen LogP contribution is -2.35. The largest absolute Gasteiger partial charge is 0.493 e. The molecule has 0 fully saturated rings. The molecule has 1 N–H and O–H groups in total. The number of benzene rings is 1. The van der Waals surface area contributed by atoms with Crippen LogP contribution in [0.4, 0.5) is 0 Å². The number of halogens is 1. The van der Waals surface area contributed by atoms with Crippen LogP contribution in [0.2, 0.25) is 5.02 Å². The molecule has 0 spiro atoms. The van der Waals surface area contributed by atoms with Gasteiger partial charge in [-0.3, -0.25) is 9.69 Å². The first-order valence-electron chi connectivity index (χ1n) is 9.10. The first-order valence-corrected chi connectivity index (χ1v) is 9.47. The van der Waals surface area contributed by atoms with Gasteiger partial charge in [-0.25, -0.2) is 15.0 Å². The van der Waals surface area contributed by atoms with Gasteiger partial charge in [0, 0.05) is 38.4 Å². The zero-order chi connectivity index (χ0) is 20.4. The highest BCUT2D eigenvalue weighted by Gasteiger charge is 2.23. The van der Waals surface area contributed by atoms with Crippen LogP contribution in [-0.4, -0.2) is 45.6 Å². The number of ether oxygens (including phenoxy) is 2. The maximum Gasteiger partial charge on any atom is 0.255 e. The lowest BCUT2D eigenvalue weighted by atomic mass is 10.1. The van der Waals surface area contributed by atoms with Crippen LogP contribution in [0.15, 0.2) is 35.6 Å². The third-order valence-corrected chi connectivity index (χ3v) is 5.36.